The fourth-order valence-corrected chi connectivity index (χ4v) is 2.89. The molecule has 0 unspecified atom stereocenters. The maximum Gasteiger partial charge on any atom is 0.228 e. The SMILES string of the molecule is CN=C(NCCc1nc(C(C)C)no1)NC1CCN(C(=O)C(C)C)CC1. The van der Waals surface area contributed by atoms with Crippen LogP contribution in [-0.4, -0.2) is 59.6 Å². The van der Waals surface area contributed by atoms with E-state index in [4.69, 9.17) is 4.52 Å². The van der Waals surface area contributed by atoms with Crippen LogP contribution in [-0.2, 0) is 11.2 Å². The fraction of sp³-hybridized carbons (Fsp3) is 0.778. The summed E-state index contributed by atoms with van der Waals surface area (Å²) in [5.41, 5.74) is 0. The van der Waals surface area contributed by atoms with Gasteiger partial charge in [0.2, 0.25) is 11.8 Å². The molecule has 1 fully saturated rings. The molecule has 0 aliphatic carbocycles. The molecule has 0 radical (unpaired) electrons. The molecule has 1 aromatic rings. The van der Waals surface area contributed by atoms with E-state index in [0.29, 0.717) is 24.9 Å². The molecule has 1 aliphatic heterocycles. The van der Waals surface area contributed by atoms with Crippen molar-refractivity contribution in [3.63, 3.8) is 0 Å². The van der Waals surface area contributed by atoms with Crippen LogP contribution in [0.5, 0.6) is 0 Å². The number of nitrogens with one attached hydrogen (secondary N) is 2. The minimum Gasteiger partial charge on any atom is -0.356 e. The highest BCUT2D eigenvalue weighted by molar-refractivity contribution is 5.80. The van der Waals surface area contributed by atoms with Gasteiger partial charge in [-0.3, -0.25) is 9.79 Å². The van der Waals surface area contributed by atoms with E-state index in [9.17, 15) is 4.79 Å². The molecule has 26 heavy (non-hydrogen) atoms. The number of guanidine groups is 1. The Morgan fingerprint density at radius 2 is 2.00 bits per heavy atom. The zero-order valence-corrected chi connectivity index (χ0v) is 16.6. The molecule has 1 aromatic heterocycles. The molecular formula is C18H32N6O2. The summed E-state index contributed by atoms with van der Waals surface area (Å²) in [6.45, 7) is 10.2. The monoisotopic (exact) mass is 364 g/mol. The third kappa shape index (κ3) is 5.71. The lowest BCUT2D eigenvalue weighted by molar-refractivity contribution is -0.135. The molecule has 2 N–H and O–H groups in total. The molecular weight excluding hydrogens is 332 g/mol. The summed E-state index contributed by atoms with van der Waals surface area (Å²) in [4.78, 5) is 22.7. The predicted octanol–water partition coefficient (Wildman–Crippen LogP) is 1.55. The topological polar surface area (TPSA) is 95.7 Å². The van der Waals surface area contributed by atoms with Crippen molar-refractivity contribution >= 4 is 11.9 Å². The maximum atomic E-state index is 12.1. The van der Waals surface area contributed by atoms with Crippen LogP contribution in [0.4, 0.5) is 0 Å². The number of hydrogen-bond acceptors (Lipinski definition) is 5. The summed E-state index contributed by atoms with van der Waals surface area (Å²) in [5.74, 6) is 2.72. The average Bonchev–Trinajstić information content (AvgIpc) is 3.10. The fourth-order valence-electron chi connectivity index (χ4n) is 2.89. The highest BCUT2D eigenvalue weighted by Crippen LogP contribution is 2.13. The van der Waals surface area contributed by atoms with Gasteiger partial charge in [-0.05, 0) is 12.8 Å². The first-order valence-electron chi connectivity index (χ1n) is 9.49. The molecule has 1 amide bonds. The van der Waals surface area contributed by atoms with Gasteiger partial charge in [-0.1, -0.05) is 32.9 Å². The first-order chi connectivity index (χ1) is 12.4. The molecule has 8 heteroatoms. The van der Waals surface area contributed by atoms with Crippen molar-refractivity contribution in [1.29, 1.82) is 0 Å². The van der Waals surface area contributed by atoms with Crippen LogP contribution < -0.4 is 10.6 Å². The predicted molar refractivity (Wildman–Crippen MR) is 101 cm³/mol. The van der Waals surface area contributed by atoms with Crippen molar-refractivity contribution in [3.05, 3.63) is 11.7 Å². The summed E-state index contributed by atoms with van der Waals surface area (Å²) in [7, 11) is 1.76. The van der Waals surface area contributed by atoms with Crippen molar-refractivity contribution in [2.24, 2.45) is 10.9 Å². The second-order valence-electron chi connectivity index (χ2n) is 7.35. The molecule has 2 rings (SSSR count). The van der Waals surface area contributed by atoms with Crippen LogP contribution in [0.3, 0.4) is 0 Å². The first-order valence-corrected chi connectivity index (χ1v) is 9.49. The second kappa shape index (κ2) is 9.54. The lowest BCUT2D eigenvalue weighted by Gasteiger charge is -2.34. The number of piperidine rings is 1. The number of rotatable bonds is 6. The van der Waals surface area contributed by atoms with E-state index in [2.05, 4.69) is 25.8 Å². The van der Waals surface area contributed by atoms with Gasteiger partial charge < -0.3 is 20.1 Å². The van der Waals surface area contributed by atoms with Crippen LogP contribution in [0.15, 0.2) is 9.52 Å². The molecule has 1 saturated heterocycles. The highest BCUT2D eigenvalue weighted by atomic mass is 16.5. The molecule has 0 bridgehead atoms. The third-order valence-corrected chi connectivity index (χ3v) is 4.50. The zero-order valence-electron chi connectivity index (χ0n) is 16.6. The van der Waals surface area contributed by atoms with E-state index in [1.54, 1.807) is 7.05 Å². The largest absolute Gasteiger partial charge is 0.356 e. The van der Waals surface area contributed by atoms with E-state index < -0.39 is 0 Å². The first kappa shape index (κ1) is 20.2. The minimum absolute atomic E-state index is 0.0647. The van der Waals surface area contributed by atoms with Crippen molar-refractivity contribution in [2.45, 2.75) is 58.9 Å². The number of hydrogen-bond donors (Lipinski definition) is 2. The van der Waals surface area contributed by atoms with E-state index in [1.807, 2.05) is 32.6 Å². The van der Waals surface area contributed by atoms with Gasteiger partial charge in [0.15, 0.2) is 11.8 Å². The van der Waals surface area contributed by atoms with Gasteiger partial charge in [0, 0.05) is 51.0 Å². The Hall–Kier alpha value is -2.12. The normalized spacial score (nSPS) is 16.4. The standard InChI is InChI=1S/C18H32N6O2/c1-12(2)16-22-15(26-23-16)6-9-20-18(19-5)21-14-7-10-24(11-8-14)17(25)13(3)4/h12-14H,6-11H2,1-5H3,(H2,19,20,21). The average molecular weight is 364 g/mol. The van der Waals surface area contributed by atoms with E-state index in [0.717, 1.165) is 37.7 Å². The number of carbonyl (C=O) groups is 1. The Bertz CT molecular complexity index is 603. The Morgan fingerprint density at radius 3 is 2.54 bits per heavy atom. The van der Waals surface area contributed by atoms with Crippen LogP contribution in [0, 0.1) is 5.92 Å². The van der Waals surface area contributed by atoms with Gasteiger partial charge in [0.1, 0.15) is 0 Å². The molecule has 0 atom stereocenters. The summed E-state index contributed by atoms with van der Waals surface area (Å²) >= 11 is 0. The molecule has 1 aliphatic rings. The van der Waals surface area contributed by atoms with Gasteiger partial charge in [-0.15, -0.1) is 0 Å². The number of carbonyl (C=O) groups excluding carboxylic acids is 1. The summed E-state index contributed by atoms with van der Waals surface area (Å²) in [6, 6.07) is 0.327. The molecule has 0 spiro atoms. The lowest BCUT2D eigenvalue weighted by Crippen LogP contribution is -2.50. The van der Waals surface area contributed by atoms with Crippen LogP contribution in [0.25, 0.3) is 0 Å². The number of nitrogens with zero attached hydrogens (tertiary/aromatic N) is 4. The molecule has 0 saturated carbocycles. The Kier molecular flexibility index (Phi) is 7.41. The van der Waals surface area contributed by atoms with Crippen molar-refractivity contribution in [3.8, 4) is 0 Å². The highest BCUT2D eigenvalue weighted by Gasteiger charge is 2.24. The van der Waals surface area contributed by atoms with Crippen LogP contribution in [0.2, 0.25) is 0 Å². The maximum absolute atomic E-state index is 12.1. The number of likely N-dealkylation sites (tertiary alicyclic amines) is 1. The van der Waals surface area contributed by atoms with Gasteiger partial charge in [-0.25, -0.2) is 0 Å². The molecule has 2 heterocycles. The number of amides is 1. The summed E-state index contributed by atoms with van der Waals surface area (Å²) in [6.07, 6.45) is 2.52. The summed E-state index contributed by atoms with van der Waals surface area (Å²) in [5, 5.41) is 10.7. The van der Waals surface area contributed by atoms with Crippen molar-refractivity contribution in [1.82, 2.24) is 25.7 Å². The molecule has 0 aromatic carbocycles. The van der Waals surface area contributed by atoms with Gasteiger partial charge in [0.05, 0.1) is 0 Å². The summed E-state index contributed by atoms with van der Waals surface area (Å²) < 4.78 is 5.25. The lowest BCUT2D eigenvalue weighted by atomic mass is 10.0. The number of aromatic nitrogens is 2. The van der Waals surface area contributed by atoms with E-state index in [1.165, 1.54) is 0 Å². The van der Waals surface area contributed by atoms with Gasteiger partial charge in [-0.2, -0.15) is 4.98 Å². The Balaban J connectivity index is 1.72. The quantitative estimate of drug-likeness (QED) is 0.587. The van der Waals surface area contributed by atoms with Gasteiger partial charge >= 0.3 is 0 Å². The van der Waals surface area contributed by atoms with E-state index in [-0.39, 0.29) is 17.7 Å². The molecule has 146 valence electrons. The Morgan fingerprint density at radius 1 is 1.31 bits per heavy atom. The number of aliphatic imine (C=N–C) groups is 1. The third-order valence-electron chi connectivity index (χ3n) is 4.50. The van der Waals surface area contributed by atoms with E-state index >= 15 is 0 Å². The zero-order chi connectivity index (χ0) is 19.1. The second-order valence-corrected chi connectivity index (χ2v) is 7.35. The van der Waals surface area contributed by atoms with Gasteiger partial charge in [0.25, 0.3) is 0 Å². The Labute approximate surface area is 155 Å². The van der Waals surface area contributed by atoms with Crippen LogP contribution >= 0.6 is 0 Å². The molecule has 8 nitrogen and oxygen atoms in total. The minimum atomic E-state index is 0.0647. The van der Waals surface area contributed by atoms with Crippen LogP contribution in [0.1, 0.15) is 58.2 Å². The van der Waals surface area contributed by atoms with Crippen molar-refractivity contribution in [2.75, 3.05) is 26.7 Å². The smallest absolute Gasteiger partial charge is 0.228 e. The van der Waals surface area contributed by atoms with Crippen molar-refractivity contribution < 1.29 is 9.32 Å².